The number of fused-ring (bicyclic) bond motifs is 2. The number of benzene rings is 2. The molecule has 0 saturated carbocycles. The molecule has 2 unspecified atom stereocenters. The second-order valence-corrected chi connectivity index (χ2v) is 9.91. The van der Waals surface area contributed by atoms with E-state index in [9.17, 15) is 23.2 Å². The van der Waals surface area contributed by atoms with Gasteiger partial charge in [-0.3, -0.25) is 19.7 Å². The maximum atomic E-state index is 14.2. The Morgan fingerprint density at radius 2 is 1.95 bits per heavy atom. The molecular weight excluding hydrogens is 494 g/mol. The predicted octanol–water partition coefficient (Wildman–Crippen LogP) is 2.90. The normalized spacial score (nSPS) is 21.3. The van der Waals surface area contributed by atoms with Crippen LogP contribution in [0.1, 0.15) is 57.1 Å². The SMILES string of the molecule is C[C@H]1CNC2C3CCc4c(C(=O)NCc5ccc(F)cc5F)c(=O)c(OCc5ccccc5)c(n43)C(=O)N21. The highest BCUT2D eigenvalue weighted by Gasteiger charge is 2.50. The number of pyridine rings is 1. The number of nitrogens with zero attached hydrogens (tertiary/aromatic N) is 2. The van der Waals surface area contributed by atoms with Gasteiger partial charge < -0.3 is 19.5 Å². The molecule has 1 aromatic heterocycles. The van der Waals surface area contributed by atoms with Gasteiger partial charge in [-0.1, -0.05) is 36.4 Å². The minimum Gasteiger partial charge on any atom is -0.483 e. The number of hydrogen-bond acceptors (Lipinski definition) is 5. The van der Waals surface area contributed by atoms with E-state index in [1.165, 1.54) is 6.07 Å². The van der Waals surface area contributed by atoms with Crippen LogP contribution in [0.15, 0.2) is 53.3 Å². The summed E-state index contributed by atoms with van der Waals surface area (Å²) < 4.78 is 35.3. The Bertz CT molecular complexity index is 1510. The van der Waals surface area contributed by atoms with Crippen molar-refractivity contribution in [2.45, 2.75) is 51.2 Å². The van der Waals surface area contributed by atoms with E-state index in [0.29, 0.717) is 25.1 Å². The molecule has 1 fully saturated rings. The van der Waals surface area contributed by atoms with Crippen molar-refractivity contribution in [3.05, 3.63) is 98.5 Å². The van der Waals surface area contributed by atoms with Crippen LogP contribution in [0.2, 0.25) is 0 Å². The Kier molecular flexibility index (Phi) is 5.98. The van der Waals surface area contributed by atoms with Gasteiger partial charge in [0.2, 0.25) is 5.43 Å². The summed E-state index contributed by atoms with van der Waals surface area (Å²) in [7, 11) is 0. The largest absolute Gasteiger partial charge is 0.483 e. The quantitative estimate of drug-likeness (QED) is 0.522. The van der Waals surface area contributed by atoms with Gasteiger partial charge in [-0.2, -0.15) is 0 Å². The fourth-order valence-corrected chi connectivity index (χ4v) is 5.80. The fraction of sp³-hybridized carbons (Fsp3) is 0.321. The van der Waals surface area contributed by atoms with E-state index in [1.807, 2.05) is 37.3 Å². The van der Waals surface area contributed by atoms with Gasteiger partial charge >= 0.3 is 0 Å². The van der Waals surface area contributed by atoms with E-state index in [0.717, 1.165) is 17.7 Å². The Morgan fingerprint density at radius 3 is 2.71 bits per heavy atom. The zero-order chi connectivity index (χ0) is 26.6. The zero-order valence-corrected chi connectivity index (χ0v) is 20.7. The van der Waals surface area contributed by atoms with Gasteiger partial charge in [-0.05, 0) is 31.4 Å². The molecule has 0 radical (unpaired) electrons. The molecule has 0 spiro atoms. The Balaban J connectivity index is 1.42. The van der Waals surface area contributed by atoms with Gasteiger partial charge in [-0.15, -0.1) is 0 Å². The monoisotopic (exact) mass is 520 g/mol. The van der Waals surface area contributed by atoms with Gasteiger partial charge in [0.25, 0.3) is 11.8 Å². The number of halogens is 2. The summed E-state index contributed by atoms with van der Waals surface area (Å²) >= 11 is 0. The second kappa shape index (κ2) is 9.36. The lowest BCUT2D eigenvalue weighted by Crippen LogP contribution is -2.53. The maximum absolute atomic E-state index is 14.2. The van der Waals surface area contributed by atoms with Crippen molar-refractivity contribution in [2.24, 2.45) is 0 Å². The summed E-state index contributed by atoms with van der Waals surface area (Å²) in [6.07, 6.45) is 0.808. The van der Waals surface area contributed by atoms with Crippen molar-refractivity contribution in [3.63, 3.8) is 0 Å². The van der Waals surface area contributed by atoms with E-state index in [-0.39, 0.29) is 59.9 Å². The number of carbonyl (C=O) groups is 2. The zero-order valence-electron chi connectivity index (χ0n) is 20.7. The average Bonchev–Trinajstić information content (AvgIpc) is 3.50. The molecule has 1 saturated heterocycles. The lowest BCUT2D eigenvalue weighted by molar-refractivity contribution is 0.0521. The topological polar surface area (TPSA) is 92.7 Å². The summed E-state index contributed by atoms with van der Waals surface area (Å²) in [5.74, 6) is -2.69. The van der Waals surface area contributed by atoms with Gasteiger partial charge in [0, 0.05) is 36.5 Å². The molecule has 2 aromatic carbocycles. The van der Waals surface area contributed by atoms with E-state index in [1.54, 1.807) is 9.47 Å². The first-order valence-electron chi connectivity index (χ1n) is 12.6. The van der Waals surface area contributed by atoms with Crippen molar-refractivity contribution in [2.75, 3.05) is 6.54 Å². The smallest absolute Gasteiger partial charge is 0.276 e. The number of aromatic nitrogens is 1. The van der Waals surface area contributed by atoms with Gasteiger partial charge in [-0.25, -0.2) is 8.78 Å². The molecule has 196 valence electrons. The van der Waals surface area contributed by atoms with E-state index in [4.69, 9.17) is 4.74 Å². The molecule has 10 heteroatoms. The lowest BCUT2D eigenvalue weighted by Gasteiger charge is -2.39. The third-order valence-electron chi connectivity index (χ3n) is 7.58. The number of amides is 2. The second-order valence-electron chi connectivity index (χ2n) is 9.91. The predicted molar refractivity (Wildman–Crippen MR) is 134 cm³/mol. The Morgan fingerprint density at radius 1 is 1.16 bits per heavy atom. The minimum absolute atomic E-state index is 0.0411. The summed E-state index contributed by atoms with van der Waals surface area (Å²) in [6, 6.07) is 12.1. The Hall–Kier alpha value is -4.05. The molecule has 2 amide bonds. The molecule has 3 atom stereocenters. The van der Waals surface area contributed by atoms with Crippen LogP contribution in [-0.2, 0) is 19.6 Å². The van der Waals surface area contributed by atoms with E-state index >= 15 is 0 Å². The van der Waals surface area contributed by atoms with Crippen LogP contribution < -0.4 is 20.8 Å². The standard InChI is InChI=1S/C28H26F2N4O4/c1-15-12-31-26-21-10-9-20-22(27(36)32-13-17-7-8-18(29)11-19(17)30)24(35)25(23(34(20)21)28(37)33(15)26)38-14-16-5-3-2-4-6-16/h2-8,11,15,21,26,31H,9-10,12-14H2,1H3,(H,32,36)/t15-,21?,26?/m0/s1. The Labute approximate surface area is 217 Å². The summed E-state index contributed by atoms with van der Waals surface area (Å²) in [5, 5.41) is 6.01. The molecular formula is C28H26F2N4O4. The molecule has 4 heterocycles. The van der Waals surface area contributed by atoms with Crippen molar-refractivity contribution in [1.29, 1.82) is 0 Å². The first-order valence-corrected chi connectivity index (χ1v) is 12.6. The first kappa shape index (κ1) is 24.3. The van der Waals surface area contributed by atoms with Crippen LogP contribution in [0.5, 0.6) is 5.75 Å². The molecule has 0 bridgehead atoms. The van der Waals surface area contributed by atoms with Crippen LogP contribution in [-0.4, -0.2) is 40.0 Å². The highest BCUT2D eigenvalue weighted by Crippen LogP contribution is 2.42. The molecule has 6 rings (SSSR count). The summed E-state index contributed by atoms with van der Waals surface area (Å²) in [4.78, 5) is 42.7. The van der Waals surface area contributed by atoms with Crippen molar-refractivity contribution < 1.29 is 23.1 Å². The van der Waals surface area contributed by atoms with Gasteiger partial charge in [0.05, 0.1) is 6.04 Å². The average molecular weight is 521 g/mol. The number of hydrogen-bond donors (Lipinski definition) is 2. The number of ether oxygens (including phenoxy) is 1. The number of rotatable bonds is 6. The van der Waals surface area contributed by atoms with E-state index < -0.39 is 23.0 Å². The third-order valence-corrected chi connectivity index (χ3v) is 7.58. The third kappa shape index (κ3) is 3.87. The molecule has 8 nitrogen and oxygen atoms in total. The lowest BCUT2D eigenvalue weighted by atomic mass is 10.1. The highest BCUT2D eigenvalue weighted by molar-refractivity contribution is 6.01. The number of carbonyl (C=O) groups excluding carboxylic acids is 2. The highest BCUT2D eigenvalue weighted by atomic mass is 19.1. The molecule has 3 aliphatic heterocycles. The van der Waals surface area contributed by atoms with Crippen LogP contribution in [0, 0.1) is 11.6 Å². The van der Waals surface area contributed by atoms with Crippen LogP contribution in [0.3, 0.4) is 0 Å². The first-order chi connectivity index (χ1) is 18.3. The van der Waals surface area contributed by atoms with Crippen LogP contribution in [0.4, 0.5) is 8.78 Å². The van der Waals surface area contributed by atoms with Crippen molar-refractivity contribution in [3.8, 4) is 5.75 Å². The van der Waals surface area contributed by atoms with Gasteiger partial charge in [0.15, 0.2) is 11.4 Å². The minimum atomic E-state index is -0.795. The van der Waals surface area contributed by atoms with Crippen molar-refractivity contribution in [1.82, 2.24) is 20.1 Å². The molecule has 38 heavy (non-hydrogen) atoms. The molecule has 3 aliphatic rings. The summed E-state index contributed by atoms with van der Waals surface area (Å²) in [6.45, 7) is 2.39. The van der Waals surface area contributed by atoms with Gasteiger partial charge in [0.1, 0.15) is 30.0 Å². The number of nitrogens with one attached hydrogen (secondary N) is 2. The van der Waals surface area contributed by atoms with Crippen LogP contribution in [0.25, 0.3) is 0 Å². The molecule has 3 aromatic rings. The molecule has 0 aliphatic carbocycles. The van der Waals surface area contributed by atoms with E-state index in [2.05, 4.69) is 10.6 Å². The molecule has 2 N–H and O–H groups in total. The maximum Gasteiger partial charge on any atom is 0.276 e. The van der Waals surface area contributed by atoms with Crippen LogP contribution >= 0.6 is 0 Å². The summed E-state index contributed by atoms with van der Waals surface area (Å²) in [5.41, 5.74) is 0.726. The van der Waals surface area contributed by atoms with Crippen molar-refractivity contribution >= 4 is 11.8 Å². The fourth-order valence-electron chi connectivity index (χ4n) is 5.80.